The molecule has 6 nitrogen and oxygen atoms in total. The summed E-state index contributed by atoms with van der Waals surface area (Å²) in [4.78, 5) is 25.1. The van der Waals surface area contributed by atoms with Gasteiger partial charge in [0.2, 0.25) is 0 Å². The number of aldehydes is 2. The summed E-state index contributed by atoms with van der Waals surface area (Å²) in [5, 5.41) is 19.4. The number of carbonyl (C=O) groups excluding carboxylic acids is 2. The number of rotatable bonds is 8. The monoisotopic (exact) mass is 374 g/mol. The molecule has 1 unspecified atom stereocenters. The zero-order chi connectivity index (χ0) is 20.7. The minimum absolute atomic E-state index is 0.239. The number of anilines is 2. The first-order valence-corrected chi connectivity index (χ1v) is 8.96. The summed E-state index contributed by atoms with van der Waals surface area (Å²) in [6, 6.07) is 10.2. The molecule has 2 aromatic rings. The van der Waals surface area contributed by atoms with E-state index in [1.54, 1.807) is 41.3 Å². The summed E-state index contributed by atoms with van der Waals surface area (Å²) >= 11 is 0. The van der Waals surface area contributed by atoms with Crippen molar-refractivity contribution in [3.05, 3.63) is 58.7 Å². The van der Waals surface area contributed by atoms with Crippen molar-refractivity contribution in [2.75, 3.05) is 16.3 Å². The molecule has 0 bridgehead atoms. The first-order chi connectivity index (χ1) is 13.5. The molecule has 6 heteroatoms. The average molecular weight is 374 g/mol. The van der Waals surface area contributed by atoms with Crippen molar-refractivity contribution in [1.82, 2.24) is 0 Å². The molecular weight excluding hydrogens is 352 g/mol. The van der Waals surface area contributed by atoms with Gasteiger partial charge >= 0.3 is 0 Å². The van der Waals surface area contributed by atoms with Crippen LogP contribution < -0.4 is 9.80 Å². The molecule has 0 aliphatic carbocycles. The Balaban J connectivity index is 2.31. The van der Waals surface area contributed by atoms with Crippen LogP contribution in [0.5, 0.6) is 0 Å². The van der Waals surface area contributed by atoms with Crippen LogP contribution in [0.3, 0.4) is 0 Å². The second kappa shape index (κ2) is 9.34. The summed E-state index contributed by atoms with van der Waals surface area (Å²) < 4.78 is 0. The number of benzene rings is 2. The molecule has 0 saturated carbocycles. The molecule has 2 aromatic carbocycles. The van der Waals surface area contributed by atoms with Gasteiger partial charge in [0.15, 0.2) is 12.4 Å². The van der Waals surface area contributed by atoms with Crippen molar-refractivity contribution < 1.29 is 9.59 Å². The molecule has 0 aromatic heterocycles. The van der Waals surface area contributed by atoms with Gasteiger partial charge in [-0.1, -0.05) is 6.92 Å². The van der Waals surface area contributed by atoms with Gasteiger partial charge in [-0.25, -0.2) is 0 Å². The summed E-state index contributed by atoms with van der Waals surface area (Å²) in [5.74, 6) is 0. The van der Waals surface area contributed by atoms with E-state index in [0.717, 1.165) is 23.7 Å². The van der Waals surface area contributed by atoms with Gasteiger partial charge in [0.1, 0.15) is 12.6 Å². The van der Waals surface area contributed by atoms with E-state index in [-0.39, 0.29) is 6.04 Å². The fraction of sp³-hybridized carbons (Fsp3) is 0.273. The molecule has 1 atom stereocenters. The van der Waals surface area contributed by atoms with Crippen LogP contribution in [0.2, 0.25) is 0 Å². The molecule has 0 aliphatic rings. The zero-order valence-electron chi connectivity index (χ0n) is 16.2. The van der Waals surface area contributed by atoms with E-state index in [2.05, 4.69) is 12.4 Å². The number of hydrogen-bond donors (Lipinski definition) is 0. The van der Waals surface area contributed by atoms with Gasteiger partial charge in [0, 0.05) is 11.1 Å². The predicted octanol–water partition coefficient (Wildman–Crippen LogP) is 3.98. The fourth-order valence-corrected chi connectivity index (χ4v) is 3.06. The summed E-state index contributed by atoms with van der Waals surface area (Å²) in [6.07, 6.45) is 6.59. The second-order valence-electron chi connectivity index (χ2n) is 6.56. The highest BCUT2D eigenvalue weighted by molar-refractivity contribution is 5.79. The van der Waals surface area contributed by atoms with E-state index in [1.165, 1.54) is 4.90 Å². The Hall–Kier alpha value is -3.64. The van der Waals surface area contributed by atoms with Crippen LogP contribution in [0.1, 0.15) is 45.2 Å². The third kappa shape index (κ3) is 4.36. The fourth-order valence-electron chi connectivity index (χ4n) is 3.06. The highest BCUT2D eigenvalue weighted by atomic mass is 16.1. The minimum atomic E-state index is -0.239. The topological polar surface area (TPSA) is 88.2 Å². The minimum Gasteiger partial charge on any atom is -0.298 e. The van der Waals surface area contributed by atoms with Gasteiger partial charge in [-0.3, -0.25) is 19.4 Å². The van der Waals surface area contributed by atoms with Gasteiger partial charge in [0.25, 0.3) is 0 Å². The van der Waals surface area contributed by atoms with E-state index < -0.39 is 0 Å². The predicted molar refractivity (Wildman–Crippen MR) is 108 cm³/mol. The van der Waals surface area contributed by atoms with Gasteiger partial charge in [-0.2, -0.15) is 10.5 Å². The second-order valence-corrected chi connectivity index (χ2v) is 6.56. The molecule has 0 saturated heterocycles. The Morgan fingerprint density at radius 3 is 1.89 bits per heavy atom. The largest absolute Gasteiger partial charge is 0.298 e. The van der Waals surface area contributed by atoms with E-state index in [1.807, 2.05) is 20.8 Å². The maximum absolute atomic E-state index is 11.0. The van der Waals surface area contributed by atoms with Crippen LogP contribution in [0, 0.1) is 36.8 Å². The van der Waals surface area contributed by atoms with E-state index in [0.29, 0.717) is 35.5 Å². The van der Waals surface area contributed by atoms with Gasteiger partial charge in [-0.15, -0.1) is 0 Å². The van der Waals surface area contributed by atoms with Crippen molar-refractivity contribution in [2.45, 2.75) is 33.2 Å². The normalized spacial score (nSPS) is 11.0. The van der Waals surface area contributed by atoms with Crippen LogP contribution in [0.15, 0.2) is 36.4 Å². The van der Waals surface area contributed by atoms with Crippen LogP contribution in [-0.2, 0) is 0 Å². The smallest absolute Gasteiger partial charge is 0.184 e. The Kier molecular flexibility index (Phi) is 6.90. The van der Waals surface area contributed by atoms with E-state index >= 15 is 0 Å². The Labute approximate surface area is 165 Å². The molecule has 0 aliphatic heterocycles. The first-order valence-electron chi connectivity index (χ1n) is 8.96. The SMILES string of the molecule is CCC(CN(C#N)c1ccc(C=O)c(C)c1)N(C#N)c1ccc(C=O)c(C)c1. The molecule has 0 spiro atoms. The molecule has 0 radical (unpaired) electrons. The Morgan fingerprint density at radius 2 is 1.46 bits per heavy atom. The molecule has 28 heavy (non-hydrogen) atoms. The number of nitriles is 2. The lowest BCUT2D eigenvalue weighted by Gasteiger charge is -2.29. The molecule has 142 valence electrons. The third-order valence-corrected chi connectivity index (χ3v) is 4.81. The number of hydrogen-bond acceptors (Lipinski definition) is 6. The third-order valence-electron chi connectivity index (χ3n) is 4.81. The lowest BCUT2D eigenvalue weighted by molar-refractivity contribution is 0.111. The number of carbonyl (C=O) groups is 2. The maximum Gasteiger partial charge on any atom is 0.184 e. The van der Waals surface area contributed by atoms with Crippen molar-refractivity contribution in [3.63, 3.8) is 0 Å². The van der Waals surface area contributed by atoms with Crippen molar-refractivity contribution in [3.8, 4) is 12.4 Å². The van der Waals surface area contributed by atoms with Gasteiger partial charge < -0.3 is 0 Å². The van der Waals surface area contributed by atoms with Crippen LogP contribution in [0.4, 0.5) is 11.4 Å². The highest BCUT2D eigenvalue weighted by Gasteiger charge is 2.22. The van der Waals surface area contributed by atoms with Gasteiger partial charge in [0.05, 0.1) is 24.0 Å². The zero-order valence-corrected chi connectivity index (χ0v) is 16.2. The van der Waals surface area contributed by atoms with Crippen molar-refractivity contribution in [2.24, 2.45) is 0 Å². The number of aryl methyl sites for hydroxylation is 2. The molecule has 0 heterocycles. The summed E-state index contributed by atoms with van der Waals surface area (Å²) in [5.41, 5.74) is 4.10. The van der Waals surface area contributed by atoms with Crippen molar-refractivity contribution in [1.29, 1.82) is 10.5 Å². The molecular formula is C22H22N4O2. The first kappa shape index (κ1) is 20.7. The van der Waals surface area contributed by atoms with Crippen LogP contribution >= 0.6 is 0 Å². The molecule has 0 amide bonds. The van der Waals surface area contributed by atoms with E-state index in [9.17, 15) is 20.1 Å². The summed E-state index contributed by atoms with van der Waals surface area (Å²) in [7, 11) is 0. The molecule has 2 rings (SSSR count). The number of nitrogens with zero attached hydrogens (tertiary/aromatic N) is 4. The highest BCUT2D eigenvalue weighted by Crippen LogP contribution is 2.24. The van der Waals surface area contributed by atoms with Crippen LogP contribution in [0.25, 0.3) is 0 Å². The Morgan fingerprint density at radius 1 is 0.929 bits per heavy atom. The van der Waals surface area contributed by atoms with E-state index in [4.69, 9.17) is 0 Å². The van der Waals surface area contributed by atoms with Crippen LogP contribution in [-0.4, -0.2) is 25.2 Å². The standard InChI is InChI=1S/C22H22N4O2/c1-4-20(26(15-24)22-8-6-19(13-28)17(3)10-22)11-25(14-23)21-7-5-18(12-27)16(2)9-21/h5-10,12-13,20H,4,11H2,1-3H3. The molecule has 0 fully saturated rings. The summed E-state index contributed by atoms with van der Waals surface area (Å²) in [6.45, 7) is 5.91. The lowest BCUT2D eigenvalue weighted by Crippen LogP contribution is -2.40. The maximum atomic E-state index is 11.0. The van der Waals surface area contributed by atoms with Gasteiger partial charge in [-0.05, 0) is 67.8 Å². The quantitative estimate of drug-likeness (QED) is 0.394. The van der Waals surface area contributed by atoms with Crippen molar-refractivity contribution >= 4 is 23.9 Å². The lowest BCUT2D eigenvalue weighted by atomic mass is 10.1. The molecule has 0 N–H and O–H groups in total. The average Bonchev–Trinajstić information content (AvgIpc) is 2.71. The Bertz CT molecular complexity index is 956.